The van der Waals surface area contributed by atoms with Gasteiger partial charge in [0.25, 0.3) is 0 Å². The van der Waals surface area contributed by atoms with Crippen LogP contribution in [0.1, 0.15) is 45.6 Å². The molecule has 178 valence electrons. The molecule has 0 heterocycles. The molecule has 3 N–H and O–H groups in total. The summed E-state index contributed by atoms with van der Waals surface area (Å²) in [6.07, 6.45) is 3.56. The molecule has 0 radical (unpaired) electrons. The van der Waals surface area contributed by atoms with Crippen LogP contribution in [0.25, 0.3) is 0 Å². The Bertz CT molecular complexity index is 891. The molecule has 0 saturated heterocycles. The smallest absolute Gasteiger partial charge is 0.220 e. The predicted molar refractivity (Wildman–Crippen MR) is 134 cm³/mol. The fourth-order valence-corrected chi connectivity index (χ4v) is 3.41. The molecule has 0 aromatic heterocycles. The molecule has 0 aliphatic heterocycles. The lowest BCUT2D eigenvalue weighted by Gasteiger charge is -2.24. The second-order valence-electron chi connectivity index (χ2n) is 8.68. The van der Waals surface area contributed by atoms with Crippen molar-refractivity contribution in [2.45, 2.75) is 46.6 Å². The van der Waals surface area contributed by atoms with E-state index in [-0.39, 0.29) is 24.2 Å². The van der Waals surface area contributed by atoms with Crippen LogP contribution in [0.15, 0.2) is 66.2 Å². The molecule has 2 rings (SSSR count). The summed E-state index contributed by atoms with van der Waals surface area (Å²) in [6.45, 7) is 8.78. The van der Waals surface area contributed by atoms with Gasteiger partial charge in [0.2, 0.25) is 11.8 Å². The van der Waals surface area contributed by atoms with Gasteiger partial charge in [0, 0.05) is 38.2 Å². The molecule has 6 nitrogen and oxygen atoms in total. The van der Waals surface area contributed by atoms with Crippen LogP contribution in [0.2, 0.25) is 0 Å². The summed E-state index contributed by atoms with van der Waals surface area (Å²) in [7, 11) is 0. The molecule has 0 aliphatic carbocycles. The quantitative estimate of drug-likeness (QED) is 0.328. The van der Waals surface area contributed by atoms with Crippen LogP contribution in [0.4, 0.5) is 5.69 Å². The molecule has 2 amide bonds. The van der Waals surface area contributed by atoms with E-state index in [0.717, 1.165) is 36.5 Å². The topological polar surface area (TPSA) is 84.7 Å². The minimum absolute atomic E-state index is 0.0421. The monoisotopic (exact) mass is 451 g/mol. The third-order valence-electron chi connectivity index (χ3n) is 5.18. The van der Waals surface area contributed by atoms with Crippen molar-refractivity contribution in [3.8, 4) is 5.75 Å². The standard InChI is InChI=1S/C27H37N3O3/c1-21(2)14-17-30(16-7-15-29-27(32)19-22(3)18-26(28)31)24-10-12-25(13-11-24)33-20-23-8-5-4-6-9-23/h4-6,8-14,22H,7,15-20H2,1-3H3,(H2,28,31)(H,29,32). The number of anilines is 1. The van der Waals surface area contributed by atoms with Gasteiger partial charge in [0.1, 0.15) is 12.4 Å². The Labute approximate surface area is 197 Å². The molecule has 1 unspecified atom stereocenters. The highest BCUT2D eigenvalue weighted by Crippen LogP contribution is 2.21. The van der Waals surface area contributed by atoms with Crippen molar-refractivity contribution < 1.29 is 14.3 Å². The van der Waals surface area contributed by atoms with E-state index in [2.05, 4.69) is 42.3 Å². The fraction of sp³-hybridized carbons (Fsp3) is 0.407. The van der Waals surface area contributed by atoms with Crippen LogP contribution in [-0.4, -0.2) is 31.4 Å². The summed E-state index contributed by atoms with van der Waals surface area (Å²) in [5, 5.41) is 2.95. The number of nitrogens with zero attached hydrogens (tertiary/aromatic N) is 1. The Hall–Kier alpha value is -3.28. The average Bonchev–Trinajstić information content (AvgIpc) is 2.77. The maximum Gasteiger partial charge on any atom is 0.220 e. The summed E-state index contributed by atoms with van der Waals surface area (Å²) in [6, 6.07) is 18.2. The Morgan fingerprint density at radius 1 is 1.06 bits per heavy atom. The molecular formula is C27H37N3O3. The number of hydrogen-bond acceptors (Lipinski definition) is 4. The first-order chi connectivity index (χ1) is 15.8. The van der Waals surface area contributed by atoms with Gasteiger partial charge >= 0.3 is 0 Å². The van der Waals surface area contributed by atoms with Gasteiger partial charge in [0.15, 0.2) is 0 Å². The lowest BCUT2D eigenvalue weighted by atomic mass is 10.0. The Balaban J connectivity index is 1.85. The number of nitrogens with one attached hydrogen (secondary N) is 1. The predicted octanol–water partition coefficient (Wildman–Crippen LogP) is 4.45. The third kappa shape index (κ3) is 10.7. The molecule has 2 aromatic rings. The van der Waals surface area contributed by atoms with Crippen molar-refractivity contribution in [3.63, 3.8) is 0 Å². The number of hydrogen-bond donors (Lipinski definition) is 2. The molecule has 1 atom stereocenters. The maximum atomic E-state index is 12.1. The molecular weight excluding hydrogens is 414 g/mol. The van der Waals surface area contributed by atoms with E-state index in [1.807, 2.05) is 49.4 Å². The molecule has 6 heteroatoms. The normalized spacial score (nSPS) is 11.4. The first-order valence-electron chi connectivity index (χ1n) is 11.5. The summed E-state index contributed by atoms with van der Waals surface area (Å²) < 4.78 is 5.90. The van der Waals surface area contributed by atoms with Crippen molar-refractivity contribution in [2.24, 2.45) is 11.7 Å². The summed E-state index contributed by atoms with van der Waals surface area (Å²) >= 11 is 0. The number of nitrogens with two attached hydrogens (primary N) is 1. The first kappa shape index (κ1) is 26.0. The second-order valence-corrected chi connectivity index (χ2v) is 8.68. The van der Waals surface area contributed by atoms with Crippen molar-refractivity contribution in [2.75, 3.05) is 24.5 Å². The average molecular weight is 452 g/mol. The number of carbonyl (C=O) groups excluding carboxylic acids is 2. The number of benzene rings is 2. The van der Waals surface area contributed by atoms with Gasteiger partial charge in [-0.3, -0.25) is 9.59 Å². The van der Waals surface area contributed by atoms with Gasteiger partial charge in [-0.1, -0.05) is 48.9 Å². The molecule has 0 bridgehead atoms. The van der Waals surface area contributed by atoms with E-state index in [9.17, 15) is 9.59 Å². The van der Waals surface area contributed by atoms with Crippen molar-refractivity contribution >= 4 is 17.5 Å². The molecule has 0 fully saturated rings. The van der Waals surface area contributed by atoms with Crippen LogP contribution >= 0.6 is 0 Å². The van der Waals surface area contributed by atoms with Crippen LogP contribution in [-0.2, 0) is 16.2 Å². The highest BCUT2D eigenvalue weighted by molar-refractivity contribution is 5.78. The zero-order chi connectivity index (χ0) is 24.1. The Morgan fingerprint density at radius 2 is 1.76 bits per heavy atom. The summed E-state index contributed by atoms with van der Waals surface area (Å²) in [4.78, 5) is 25.3. The van der Waals surface area contributed by atoms with E-state index in [1.165, 1.54) is 5.57 Å². The van der Waals surface area contributed by atoms with Crippen molar-refractivity contribution in [1.82, 2.24) is 5.32 Å². The highest BCUT2D eigenvalue weighted by Gasteiger charge is 2.12. The molecule has 33 heavy (non-hydrogen) atoms. The lowest BCUT2D eigenvalue weighted by Crippen LogP contribution is -2.31. The van der Waals surface area contributed by atoms with Gasteiger partial charge in [-0.2, -0.15) is 0 Å². The largest absolute Gasteiger partial charge is 0.489 e. The minimum Gasteiger partial charge on any atom is -0.489 e. The van der Waals surface area contributed by atoms with Crippen LogP contribution in [0, 0.1) is 5.92 Å². The Kier molecular flexibility index (Phi) is 11.0. The zero-order valence-electron chi connectivity index (χ0n) is 20.0. The SMILES string of the molecule is CC(C)=CCN(CCCNC(=O)CC(C)CC(N)=O)c1ccc(OCc2ccccc2)cc1. The molecule has 0 spiro atoms. The van der Waals surface area contributed by atoms with Gasteiger partial charge in [-0.05, 0) is 56.0 Å². The number of ether oxygens (including phenoxy) is 1. The second kappa shape index (κ2) is 14.0. The summed E-state index contributed by atoms with van der Waals surface area (Å²) in [5.74, 6) is 0.377. The lowest BCUT2D eigenvalue weighted by molar-refractivity contribution is -0.122. The minimum atomic E-state index is -0.373. The highest BCUT2D eigenvalue weighted by atomic mass is 16.5. The van der Waals surface area contributed by atoms with Crippen LogP contribution in [0.5, 0.6) is 5.75 Å². The van der Waals surface area contributed by atoms with E-state index in [1.54, 1.807) is 0 Å². The molecule has 2 aromatic carbocycles. The van der Waals surface area contributed by atoms with Crippen LogP contribution in [0.3, 0.4) is 0 Å². The first-order valence-corrected chi connectivity index (χ1v) is 11.5. The van der Waals surface area contributed by atoms with Crippen LogP contribution < -0.4 is 20.7 Å². The number of primary amides is 1. The third-order valence-corrected chi connectivity index (χ3v) is 5.18. The van der Waals surface area contributed by atoms with E-state index in [0.29, 0.717) is 19.6 Å². The fourth-order valence-electron chi connectivity index (χ4n) is 3.41. The Morgan fingerprint density at radius 3 is 2.39 bits per heavy atom. The van der Waals surface area contributed by atoms with Gasteiger partial charge < -0.3 is 20.7 Å². The number of amides is 2. The maximum absolute atomic E-state index is 12.1. The van der Waals surface area contributed by atoms with Gasteiger partial charge in [-0.15, -0.1) is 0 Å². The van der Waals surface area contributed by atoms with Gasteiger partial charge in [0.05, 0.1) is 0 Å². The number of rotatable bonds is 14. The van der Waals surface area contributed by atoms with Crippen molar-refractivity contribution in [3.05, 3.63) is 71.8 Å². The summed E-state index contributed by atoms with van der Waals surface area (Å²) in [5.41, 5.74) is 8.71. The zero-order valence-corrected chi connectivity index (χ0v) is 20.0. The number of carbonyl (C=O) groups is 2. The van der Waals surface area contributed by atoms with E-state index in [4.69, 9.17) is 10.5 Å². The molecule has 0 saturated carbocycles. The van der Waals surface area contributed by atoms with Crippen molar-refractivity contribution in [1.29, 1.82) is 0 Å². The van der Waals surface area contributed by atoms with E-state index < -0.39 is 0 Å². The van der Waals surface area contributed by atoms with Gasteiger partial charge in [-0.25, -0.2) is 0 Å². The number of allylic oxidation sites excluding steroid dienone is 1. The van der Waals surface area contributed by atoms with E-state index >= 15 is 0 Å². The molecule has 0 aliphatic rings.